The number of Topliss-reactive ketones (excluding diaryl/α,β-unsaturated/α-hetero) is 1. The number of hydrogen-bond donors (Lipinski definition) is 21. The van der Waals surface area contributed by atoms with E-state index in [1.165, 1.54) is 24.3 Å². The molecule has 13 unspecified atom stereocenters. The van der Waals surface area contributed by atoms with Gasteiger partial charge in [-0.1, -0.05) is 57.0 Å². The number of aromatic amines is 1. The highest BCUT2D eigenvalue weighted by atomic mass is 16.5. The summed E-state index contributed by atoms with van der Waals surface area (Å²) in [5.41, 5.74) is 18.5. The Morgan fingerprint density at radius 3 is 1.73 bits per heavy atom. The number of unbranched alkanes of at least 4 members (excludes halogenated alkanes) is 1. The maximum absolute atomic E-state index is 14.7. The number of ether oxygens (including phenoxy) is 1. The summed E-state index contributed by atoms with van der Waals surface area (Å²) >= 11 is 0. The number of carboxylic acids is 4. The highest BCUT2D eigenvalue weighted by Gasteiger charge is 2.41. The number of carbonyl (C=O) groups excluding carboxylic acids is 15. The Labute approximate surface area is 602 Å². The van der Waals surface area contributed by atoms with Gasteiger partial charge in [0, 0.05) is 46.2 Å². The van der Waals surface area contributed by atoms with Gasteiger partial charge in [0.2, 0.25) is 76.8 Å². The summed E-state index contributed by atoms with van der Waals surface area (Å²) in [5, 5.41) is 75.6. The lowest BCUT2D eigenvalue weighted by molar-refractivity contribution is -0.156. The first-order valence-electron chi connectivity index (χ1n) is 32.2. The molecule has 1 aromatic heterocycles. The smallest absolute Gasteiger partial charge is 0.329 e. The van der Waals surface area contributed by atoms with E-state index < -0.39 is 249 Å². The number of esters is 1. The van der Waals surface area contributed by atoms with Crippen LogP contribution >= 0.6 is 0 Å². The highest BCUT2D eigenvalue weighted by Crippen LogP contribution is 2.20. The van der Waals surface area contributed by atoms with Gasteiger partial charge in [0.15, 0.2) is 5.78 Å². The fourth-order valence-corrected chi connectivity index (χ4v) is 10.2. The van der Waals surface area contributed by atoms with Gasteiger partial charge >= 0.3 is 29.8 Å². The first kappa shape index (κ1) is 84.2. The second-order valence-electron chi connectivity index (χ2n) is 24.1. The minimum absolute atomic E-state index is 0. The number of nitrogens with one attached hydrogen (secondary N) is 13. The van der Waals surface area contributed by atoms with Crippen LogP contribution in [0, 0.1) is 5.92 Å². The Hall–Kier alpha value is -12.2. The van der Waals surface area contributed by atoms with Crippen LogP contribution in [-0.2, 0) is 97.5 Å². The van der Waals surface area contributed by atoms with Crippen LogP contribution in [-0.4, -0.2) is 235 Å². The zero-order valence-electron chi connectivity index (χ0n) is 56.5. The van der Waals surface area contributed by atoms with Gasteiger partial charge in [0.25, 0.3) is 0 Å². The number of para-hydroxylation sites is 2. The van der Waals surface area contributed by atoms with Crippen molar-refractivity contribution in [2.45, 2.75) is 164 Å². The summed E-state index contributed by atoms with van der Waals surface area (Å²) in [6, 6.07) is -10.0. The predicted molar refractivity (Wildman–Crippen MR) is 372 cm³/mol. The molecule has 104 heavy (non-hydrogen) atoms. The molecule has 13 amide bonds. The average molecular weight is 1480 g/mol. The number of benzene rings is 2. The molecule has 582 valence electrons. The van der Waals surface area contributed by atoms with Crippen molar-refractivity contribution >= 4 is 129 Å². The number of cyclic esters (lactones) is 1. The lowest BCUT2D eigenvalue weighted by Crippen LogP contribution is -2.61. The highest BCUT2D eigenvalue weighted by molar-refractivity contribution is 6.05. The van der Waals surface area contributed by atoms with Crippen LogP contribution in [0.4, 0.5) is 5.69 Å². The minimum atomic E-state index is -2.40. The van der Waals surface area contributed by atoms with Crippen LogP contribution in [0.2, 0.25) is 0 Å². The number of aliphatic carboxylic acids is 4. The number of H-pyrrole nitrogens is 1. The number of carbonyl (C=O) groups is 19. The van der Waals surface area contributed by atoms with Crippen LogP contribution in [0.5, 0.6) is 0 Å². The number of fused-ring (bicyclic) bond motifs is 1. The van der Waals surface area contributed by atoms with E-state index in [9.17, 15) is 117 Å². The van der Waals surface area contributed by atoms with E-state index in [2.05, 4.69) is 52.8 Å². The molecule has 41 nitrogen and oxygen atoms in total. The molecular formula is C63H100N16O25. The fraction of sp³-hybridized carbons (Fsp3) is 0.476. The molecule has 4 rings (SSSR count). The Bertz CT molecular complexity index is 3790. The Morgan fingerprint density at radius 2 is 1.13 bits per heavy atom. The molecule has 3 aromatic rings. The number of ketones is 1. The number of anilines is 1. The first-order chi connectivity index (χ1) is 48.9. The number of amides is 13. The van der Waals surface area contributed by atoms with Gasteiger partial charge < -0.3 is 116 Å². The molecule has 0 bridgehead atoms. The summed E-state index contributed by atoms with van der Waals surface area (Å²) in [6.07, 6.45) is -7.31. The lowest BCUT2D eigenvalue weighted by atomic mass is 9.96. The third-order valence-electron chi connectivity index (χ3n) is 15.7. The molecule has 24 N–H and O–H groups in total. The predicted octanol–water partition coefficient (Wildman–Crippen LogP) is -5.50. The molecule has 1 saturated heterocycles. The largest absolute Gasteiger partial charge is 0.481 e. The van der Waals surface area contributed by atoms with Crippen molar-refractivity contribution in [3.63, 3.8) is 0 Å². The Kier molecular flexibility index (Phi) is 32.7. The van der Waals surface area contributed by atoms with Crippen LogP contribution < -0.4 is 81.0 Å². The number of aliphatic hydroxyl groups excluding tert-OH is 1. The van der Waals surface area contributed by atoms with Crippen LogP contribution in [0.25, 0.3) is 10.9 Å². The van der Waals surface area contributed by atoms with Crippen LogP contribution in [0.1, 0.15) is 113 Å². The maximum atomic E-state index is 14.7. The van der Waals surface area contributed by atoms with Gasteiger partial charge in [-0.2, -0.15) is 0 Å². The Morgan fingerprint density at radius 1 is 0.596 bits per heavy atom. The standard InChI is InChI=1S/C63H84N16O25.8H2/c1-5-6-14-36-56(96)75-39(21-49(89)90)57(97)70-28(3)53(93)73-38(20-48(87)88)55(95)68-24-46(84)72-42(26-80)60(100)78-51(27(2)16-47(85)86)62(102)77-41(18-43(81)32-12-7-9-13-33(32)64)63(103)104-29(4)52(61(101)69-25-45(83)71-36)79-59(99)40(22-50(91)92)76-58(98)37(19-44(66)82)74-54(94)34(65)17-30-23-67-35-15-10-8-11-31(30)35;;;;;;;;/h7-13,15,23,27-29,34,36-42,51-52,67,80H,5-6,14,16-22,24-26,64-65H2,1-4H3,(H2,66,82)(H,68,95)(H,69,101)(H,70,97)(H,71,83)(H,72,84)(H,73,93)(H,74,94)(H,75,96)(H,76,98)(H,77,102)(H,78,100)(H,79,99)(H,85,86)(H,87,88)(H,89,90)(H,91,92);8*1H. The van der Waals surface area contributed by atoms with Gasteiger partial charge in [-0.05, 0) is 56.4 Å². The van der Waals surface area contributed by atoms with Crippen molar-refractivity contribution < 1.29 is 133 Å². The number of rotatable bonds is 26. The third-order valence-corrected chi connectivity index (χ3v) is 15.7. The van der Waals surface area contributed by atoms with Crippen molar-refractivity contribution in [1.29, 1.82) is 0 Å². The van der Waals surface area contributed by atoms with Gasteiger partial charge in [-0.3, -0.25) is 86.3 Å². The van der Waals surface area contributed by atoms with E-state index in [0.717, 1.165) is 20.8 Å². The summed E-state index contributed by atoms with van der Waals surface area (Å²) < 4.78 is 5.64. The van der Waals surface area contributed by atoms with Gasteiger partial charge in [-0.25, -0.2) is 4.79 Å². The number of primary amides is 1. The monoisotopic (exact) mass is 1480 g/mol. The van der Waals surface area contributed by atoms with Crippen molar-refractivity contribution in [3.8, 4) is 0 Å². The van der Waals surface area contributed by atoms with Gasteiger partial charge in [-0.15, -0.1) is 0 Å². The zero-order chi connectivity index (χ0) is 77.8. The molecule has 41 heteroatoms. The molecule has 1 fully saturated rings. The van der Waals surface area contributed by atoms with E-state index in [1.54, 1.807) is 37.4 Å². The Balaban J connectivity index is -0.00000477. The number of nitrogens with two attached hydrogens (primary N) is 3. The molecule has 0 aliphatic carbocycles. The van der Waals surface area contributed by atoms with E-state index >= 15 is 0 Å². The number of hydrogen-bond acceptors (Lipinski definition) is 23. The first-order valence-corrected chi connectivity index (χ1v) is 32.2. The second-order valence-corrected chi connectivity index (χ2v) is 24.1. The van der Waals surface area contributed by atoms with Crippen LogP contribution in [0.15, 0.2) is 54.7 Å². The maximum Gasteiger partial charge on any atom is 0.329 e. The van der Waals surface area contributed by atoms with E-state index in [1.807, 2.05) is 16.0 Å². The number of nitrogen functional groups attached to an aromatic ring is 1. The number of aliphatic hydroxyl groups is 1. The molecular weight excluding hydrogens is 1380 g/mol. The summed E-state index contributed by atoms with van der Waals surface area (Å²) in [4.78, 5) is 259. The molecule has 0 spiro atoms. The van der Waals surface area contributed by atoms with E-state index in [4.69, 9.17) is 21.9 Å². The van der Waals surface area contributed by atoms with Crippen LogP contribution in [0.3, 0.4) is 0 Å². The van der Waals surface area contributed by atoms with Crippen molar-refractivity contribution in [1.82, 2.24) is 68.8 Å². The quantitative estimate of drug-likeness (QED) is 0.0203. The van der Waals surface area contributed by atoms with E-state index in [-0.39, 0.29) is 41.9 Å². The molecule has 1 aliphatic rings. The zero-order valence-corrected chi connectivity index (χ0v) is 56.5. The third kappa shape index (κ3) is 26.7. The molecule has 0 saturated carbocycles. The molecule has 1 aliphatic heterocycles. The molecule has 2 aromatic carbocycles. The summed E-state index contributed by atoms with van der Waals surface area (Å²) in [6.45, 7) is 0.975. The molecule has 2 heterocycles. The summed E-state index contributed by atoms with van der Waals surface area (Å²) in [7, 11) is 0. The van der Waals surface area contributed by atoms with Crippen molar-refractivity contribution in [2.24, 2.45) is 17.4 Å². The molecule has 13 atom stereocenters. The average Bonchev–Trinajstić information content (AvgIpc) is 1.34. The normalized spacial score (nSPS) is 22.2. The number of carboxylic acid groups (broad SMARTS) is 4. The van der Waals surface area contributed by atoms with Gasteiger partial charge in [0.05, 0.1) is 57.8 Å². The minimum Gasteiger partial charge on any atom is -0.481 e. The summed E-state index contributed by atoms with van der Waals surface area (Å²) in [5.74, 6) is -28.7. The SMILES string of the molecule is CCCCC1NC(=O)CNC(=O)C(NC(=O)C(CC(=O)O)NC(=O)C(CC(N)=O)NC(=O)C(N)Cc2c[nH]c3ccccc23)C(C)OC(=O)C(CC(=O)c2ccccc2N)NC(=O)C(C(C)CC(=O)O)NC(=O)C(CO)NC(=O)CNC(=O)C(CC(=O)O)NC(=O)C(C)NC(=O)C(CC(=O)O)NC1=O.[HH].[HH].[HH].[HH].[HH].[HH].[HH].[HH]. The van der Waals surface area contributed by atoms with Crippen molar-refractivity contribution in [3.05, 3.63) is 65.9 Å². The fourth-order valence-electron chi connectivity index (χ4n) is 10.2. The molecule has 0 radical (unpaired) electrons. The van der Waals surface area contributed by atoms with Crippen molar-refractivity contribution in [2.75, 3.05) is 25.4 Å². The topological polar surface area (TPSA) is 673 Å². The van der Waals surface area contributed by atoms with Gasteiger partial charge in [0.1, 0.15) is 66.5 Å². The second kappa shape index (κ2) is 40.3. The number of aromatic nitrogens is 1. The lowest BCUT2D eigenvalue weighted by Gasteiger charge is -2.30. The van der Waals surface area contributed by atoms with E-state index in [0.29, 0.717) is 22.9 Å².